The fraction of sp³-hybridized carbons (Fsp3) is 0.333. The highest BCUT2D eigenvalue weighted by Crippen LogP contribution is 2.20. The number of hydrogen-bond acceptors (Lipinski definition) is 4. The molecule has 0 aliphatic carbocycles. The van der Waals surface area contributed by atoms with E-state index in [1.807, 2.05) is 0 Å². The number of rotatable bonds is 5. The van der Waals surface area contributed by atoms with Gasteiger partial charge in [-0.2, -0.15) is 0 Å². The number of benzene rings is 1. The Labute approximate surface area is 109 Å². The third-order valence-electron chi connectivity index (χ3n) is 2.52. The number of nitrogens with two attached hydrogens (primary N) is 1. The van der Waals surface area contributed by atoms with Crippen molar-refractivity contribution >= 4 is 11.6 Å². The van der Waals surface area contributed by atoms with Gasteiger partial charge < -0.3 is 10.2 Å². The van der Waals surface area contributed by atoms with Crippen LogP contribution in [-0.2, 0) is 19.3 Å². The Hall–Kier alpha value is -1.46. The average Bonchev–Trinajstić information content (AvgIpc) is 2.77. The summed E-state index contributed by atoms with van der Waals surface area (Å²) in [5, 5.41) is 8.12. The van der Waals surface area contributed by atoms with Crippen LogP contribution >= 0.6 is 11.6 Å². The lowest BCUT2D eigenvalue weighted by atomic mass is 10.1. The van der Waals surface area contributed by atoms with E-state index in [4.69, 9.17) is 21.8 Å². The fourth-order valence-corrected chi connectivity index (χ4v) is 1.87. The van der Waals surface area contributed by atoms with Gasteiger partial charge in [0.15, 0.2) is 0 Å². The van der Waals surface area contributed by atoms with Gasteiger partial charge in [0.05, 0.1) is 0 Å². The normalized spacial score (nSPS) is 10.8. The number of halogens is 2. The number of nitrogens with zero attached hydrogens (tertiary/aromatic N) is 2. The zero-order chi connectivity index (χ0) is 13.0. The van der Waals surface area contributed by atoms with Crippen molar-refractivity contribution in [2.24, 2.45) is 5.73 Å². The second kappa shape index (κ2) is 5.93. The number of aryl methyl sites for hydroxylation is 1. The molecule has 2 rings (SSSR count). The molecule has 1 heterocycles. The lowest BCUT2D eigenvalue weighted by Crippen LogP contribution is -2.02. The largest absolute Gasteiger partial charge is 0.425 e. The summed E-state index contributed by atoms with van der Waals surface area (Å²) in [5.41, 5.74) is 5.85. The summed E-state index contributed by atoms with van der Waals surface area (Å²) in [7, 11) is 0. The van der Waals surface area contributed by atoms with Gasteiger partial charge in [0.2, 0.25) is 11.8 Å². The third-order valence-corrected chi connectivity index (χ3v) is 2.87. The van der Waals surface area contributed by atoms with Crippen LogP contribution in [0.25, 0.3) is 0 Å². The minimum atomic E-state index is -0.316. The summed E-state index contributed by atoms with van der Waals surface area (Å²) < 4.78 is 18.9. The summed E-state index contributed by atoms with van der Waals surface area (Å²) in [6.07, 6.45) is 1.43. The smallest absolute Gasteiger partial charge is 0.217 e. The van der Waals surface area contributed by atoms with Gasteiger partial charge in [-0.15, -0.1) is 10.2 Å². The van der Waals surface area contributed by atoms with E-state index < -0.39 is 0 Å². The molecule has 0 aliphatic rings. The molecule has 0 saturated heterocycles. The van der Waals surface area contributed by atoms with Crippen molar-refractivity contribution in [1.82, 2.24) is 10.2 Å². The molecule has 0 spiro atoms. The molecule has 0 bridgehead atoms. The second-order valence-electron chi connectivity index (χ2n) is 3.83. The standard InChI is InChI=1S/C12H13ClFN3O/c13-9-2-1-3-10(14)8(9)4-5-11-16-17-12(18-11)6-7-15/h1-3H,4-7,15H2. The lowest BCUT2D eigenvalue weighted by molar-refractivity contribution is 0.448. The van der Waals surface area contributed by atoms with Crippen LogP contribution in [0.1, 0.15) is 17.3 Å². The van der Waals surface area contributed by atoms with Gasteiger partial charge in [-0.05, 0) is 18.6 Å². The van der Waals surface area contributed by atoms with E-state index in [1.165, 1.54) is 6.07 Å². The van der Waals surface area contributed by atoms with Gasteiger partial charge in [-0.25, -0.2) is 4.39 Å². The maximum Gasteiger partial charge on any atom is 0.217 e. The Morgan fingerprint density at radius 2 is 1.89 bits per heavy atom. The van der Waals surface area contributed by atoms with Gasteiger partial charge in [0, 0.05) is 30.0 Å². The van der Waals surface area contributed by atoms with Crippen LogP contribution < -0.4 is 5.73 Å². The summed E-state index contributed by atoms with van der Waals surface area (Å²) in [4.78, 5) is 0. The minimum Gasteiger partial charge on any atom is -0.425 e. The Bertz CT molecular complexity index is 510. The number of aromatic nitrogens is 2. The zero-order valence-corrected chi connectivity index (χ0v) is 10.5. The Morgan fingerprint density at radius 3 is 2.56 bits per heavy atom. The van der Waals surface area contributed by atoms with Crippen molar-refractivity contribution in [3.05, 3.63) is 46.4 Å². The highest BCUT2D eigenvalue weighted by molar-refractivity contribution is 6.31. The van der Waals surface area contributed by atoms with Crippen molar-refractivity contribution in [3.63, 3.8) is 0 Å². The summed E-state index contributed by atoms with van der Waals surface area (Å²) in [5.74, 6) is 0.661. The Balaban J connectivity index is 2.02. The molecule has 18 heavy (non-hydrogen) atoms. The molecular weight excluding hydrogens is 257 g/mol. The quantitative estimate of drug-likeness (QED) is 0.903. The molecule has 0 amide bonds. The Morgan fingerprint density at radius 1 is 1.17 bits per heavy atom. The molecule has 1 aromatic carbocycles. The van der Waals surface area contributed by atoms with E-state index in [0.29, 0.717) is 48.2 Å². The fourth-order valence-electron chi connectivity index (χ4n) is 1.62. The first-order chi connectivity index (χ1) is 8.70. The summed E-state index contributed by atoms with van der Waals surface area (Å²) in [6, 6.07) is 4.62. The predicted molar refractivity (Wildman–Crippen MR) is 65.9 cm³/mol. The average molecular weight is 270 g/mol. The van der Waals surface area contributed by atoms with E-state index in [9.17, 15) is 4.39 Å². The van der Waals surface area contributed by atoms with Crippen molar-refractivity contribution in [2.45, 2.75) is 19.3 Å². The SMILES string of the molecule is NCCc1nnc(CCc2c(F)cccc2Cl)o1. The predicted octanol–water partition coefficient (Wildman–Crippen LogP) is 2.15. The molecule has 6 heteroatoms. The van der Waals surface area contributed by atoms with E-state index >= 15 is 0 Å². The van der Waals surface area contributed by atoms with Crippen LogP contribution in [0.4, 0.5) is 4.39 Å². The highest BCUT2D eigenvalue weighted by atomic mass is 35.5. The van der Waals surface area contributed by atoms with E-state index in [1.54, 1.807) is 12.1 Å². The molecular formula is C12H13ClFN3O. The van der Waals surface area contributed by atoms with Gasteiger partial charge in [-0.3, -0.25) is 0 Å². The molecule has 1 aromatic heterocycles. The first kappa shape index (κ1) is 13.0. The molecule has 0 unspecified atom stereocenters. The molecule has 0 fully saturated rings. The van der Waals surface area contributed by atoms with Crippen molar-refractivity contribution < 1.29 is 8.81 Å². The molecule has 2 aromatic rings. The zero-order valence-electron chi connectivity index (χ0n) is 9.70. The molecule has 0 radical (unpaired) electrons. The third kappa shape index (κ3) is 3.05. The van der Waals surface area contributed by atoms with Gasteiger partial charge in [-0.1, -0.05) is 17.7 Å². The van der Waals surface area contributed by atoms with Gasteiger partial charge >= 0.3 is 0 Å². The van der Waals surface area contributed by atoms with Crippen LogP contribution in [0.2, 0.25) is 5.02 Å². The first-order valence-electron chi connectivity index (χ1n) is 5.65. The maximum absolute atomic E-state index is 13.5. The number of hydrogen-bond donors (Lipinski definition) is 1. The van der Waals surface area contributed by atoms with Crippen molar-refractivity contribution in [3.8, 4) is 0 Å². The van der Waals surface area contributed by atoms with Crippen LogP contribution in [0, 0.1) is 5.82 Å². The van der Waals surface area contributed by atoms with E-state index in [-0.39, 0.29) is 5.82 Å². The van der Waals surface area contributed by atoms with Crippen molar-refractivity contribution in [2.75, 3.05) is 6.54 Å². The maximum atomic E-state index is 13.5. The Kier molecular flexibility index (Phi) is 4.28. The summed E-state index contributed by atoms with van der Waals surface area (Å²) >= 11 is 5.93. The van der Waals surface area contributed by atoms with Gasteiger partial charge in [0.1, 0.15) is 5.82 Å². The van der Waals surface area contributed by atoms with Crippen molar-refractivity contribution in [1.29, 1.82) is 0 Å². The molecule has 0 aliphatic heterocycles. The van der Waals surface area contributed by atoms with E-state index in [2.05, 4.69) is 10.2 Å². The molecule has 2 N–H and O–H groups in total. The van der Waals surface area contributed by atoms with Crippen LogP contribution in [0.3, 0.4) is 0 Å². The lowest BCUT2D eigenvalue weighted by Gasteiger charge is -2.03. The highest BCUT2D eigenvalue weighted by Gasteiger charge is 2.10. The minimum absolute atomic E-state index is 0.316. The van der Waals surface area contributed by atoms with E-state index in [0.717, 1.165) is 0 Å². The van der Waals surface area contributed by atoms with Crippen LogP contribution in [0.15, 0.2) is 22.6 Å². The second-order valence-corrected chi connectivity index (χ2v) is 4.24. The monoisotopic (exact) mass is 269 g/mol. The molecule has 4 nitrogen and oxygen atoms in total. The van der Waals surface area contributed by atoms with Gasteiger partial charge in [0.25, 0.3) is 0 Å². The topological polar surface area (TPSA) is 64.9 Å². The first-order valence-corrected chi connectivity index (χ1v) is 6.02. The molecule has 96 valence electrons. The summed E-state index contributed by atoms with van der Waals surface area (Å²) in [6.45, 7) is 0.459. The van der Waals surface area contributed by atoms with Crippen LogP contribution in [-0.4, -0.2) is 16.7 Å². The van der Waals surface area contributed by atoms with Crippen LogP contribution in [0.5, 0.6) is 0 Å². The molecule has 0 atom stereocenters. The molecule has 0 saturated carbocycles.